The largest absolute Gasteiger partial charge is 0.460 e. The van der Waals surface area contributed by atoms with Crippen molar-refractivity contribution < 1.29 is 37.9 Å². The van der Waals surface area contributed by atoms with Crippen LogP contribution in [0.2, 0.25) is 0 Å². The number of nitrogens with one attached hydrogen (secondary N) is 2. The number of aliphatic hydroxyl groups is 1. The smallest absolute Gasteiger partial charge is 0.459 e. The number of carbonyl (C=O) groups excluding carboxylic acids is 1. The van der Waals surface area contributed by atoms with Crippen molar-refractivity contribution in [3.8, 4) is 5.75 Å². The van der Waals surface area contributed by atoms with Gasteiger partial charge in [-0.25, -0.2) is 9.36 Å². The number of non-ortho nitro benzene ring substituents is 1. The highest BCUT2D eigenvalue weighted by molar-refractivity contribution is 9.11. The van der Waals surface area contributed by atoms with Crippen LogP contribution in [0.1, 0.15) is 30.7 Å². The molecule has 5 atom stereocenters. The molecule has 1 saturated heterocycles. The van der Waals surface area contributed by atoms with Crippen LogP contribution in [0.15, 0.2) is 75.4 Å². The maximum Gasteiger partial charge on any atom is 0.459 e. The molecule has 1 aliphatic rings. The second-order valence-electron chi connectivity index (χ2n) is 9.56. The van der Waals surface area contributed by atoms with Gasteiger partial charge in [-0.15, -0.1) is 0 Å². The number of rotatable bonds is 13. The molecule has 17 heteroatoms. The molecule has 3 aromatic rings. The third-order valence-corrected chi connectivity index (χ3v) is 8.27. The summed E-state index contributed by atoms with van der Waals surface area (Å²) in [5.74, 6) is -0.845. The van der Waals surface area contributed by atoms with E-state index in [1.165, 1.54) is 36.3 Å². The standard InChI is InChI=1S/C27H28BrN4O11P/c1-17(26(35)40-15-18-5-3-2-4-6-18)30-44(39,43-21-9-7-20(8-10-21)32(37)38)41-16-23-22(33)13-24(42-23)31-14-19(11-12-28)25(34)29-27(31)36/h2-12,14,17,22-24,33H,13,15-16H2,1H3,(H,30,39)(H,29,34,36)/b12-11+/t17-,22-,23+,24+,44?/m0/s1. The van der Waals surface area contributed by atoms with E-state index in [9.17, 15) is 34.2 Å². The Balaban J connectivity index is 1.48. The lowest BCUT2D eigenvalue weighted by atomic mass is 10.2. The van der Waals surface area contributed by atoms with Gasteiger partial charge in [0, 0.05) is 24.8 Å². The average molecular weight is 695 g/mol. The summed E-state index contributed by atoms with van der Waals surface area (Å²) in [4.78, 5) is 51.1. The molecule has 2 aromatic carbocycles. The van der Waals surface area contributed by atoms with Crippen molar-refractivity contribution in [3.05, 3.63) is 108 Å². The Morgan fingerprint density at radius 2 is 1.98 bits per heavy atom. The Morgan fingerprint density at radius 1 is 1.27 bits per heavy atom. The van der Waals surface area contributed by atoms with Gasteiger partial charge >= 0.3 is 19.4 Å². The van der Waals surface area contributed by atoms with Crippen LogP contribution in [0.25, 0.3) is 6.08 Å². The molecule has 234 valence electrons. The van der Waals surface area contributed by atoms with Crippen molar-refractivity contribution in [2.45, 2.75) is 44.4 Å². The number of carbonyl (C=O) groups is 1. The highest BCUT2D eigenvalue weighted by atomic mass is 79.9. The number of aromatic nitrogens is 2. The summed E-state index contributed by atoms with van der Waals surface area (Å²) in [6, 6.07) is 12.4. The van der Waals surface area contributed by atoms with Crippen LogP contribution >= 0.6 is 23.7 Å². The van der Waals surface area contributed by atoms with E-state index < -0.39 is 61.0 Å². The Hall–Kier alpha value is -3.92. The van der Waals surface area contributed by atoms with Crippen LogP contribution in [-0.2, 0) is 30.0 Å². The topological polar surface area (TPSA) is 201 Å². The Kier molecular flexibility index (Phi) is 11.0. The summed E-state index contributed by atoms with van der Waals surface area (Å²) in [5, 5.41) is 24.2. The molecule has 0 amide bonds. The zero-order valence-corrected chi connectivity index (χ0v) is 25.6. The molecule has 2 heterocycles. The summed E-state index contributed by atoms with van der Waals surface area (Å²) in [6.45, 7) is 0.814. The Morgan fingerprint density at radius 3 is 2.64 bits per heavy atom. The molecule has 1 unspecified atom stereocenters. The summed E-state index contributed by atoms with van der Waals surface area (Å²) in [7, 11) is -4.43. The van der Waals surface area contributed by atoms with E-state index in [1.54, 1.807) is 24.3 Å². The van der Waals surface area contributed by atoms with Crippen molar-refractivity contribution in [2.24, 2.45) is 0 Å². The van der Waals surface area contributed by atoms with Crippen molar-refractivity contribution in [1.82, 2.24) is 14.6 Å². The van der Waals surface area contributed by atoms with E-state index in [0.717, 1.165) is 22.3 Å². The summed E-state index contributed by atoms with van der Waals surface area (Å²) < 4.78 is 37.2. The fraction of sp³-hybridized carbons (Fsp3) is 0.296. The third-order valence-electron chi connectivity index (χ3n) is 6.36. The quantitative estimate of drug-likeness (QED) is 0.102. The molecule has 1 fully saturated rings. The number of nitrogens with zero attached hydrogens (tertiary/aromatic N) is 2. The first kappa shape index (κ1) is 33.0. The monoisotopic (exact) mass is 694 g/mol. The minimum Gasteiger partial charge on any atom is -0.460 e. The summed E-state index contributed by atoms with van der Waals surface area (Å²) in [5.41, 5.74) is -0.741. The number of ether oxygens (including phenoxy) is 2. The highest BCUT2D eigenvalue weighted by Gasteiger charge is 2.39. The van der Waals surface area contributed by atoms with Crippen LogP contribution < -0.4 is 20.9 Å². The number of benzene rings is 2. The second kappa shape index (κ2) is 14.7. The Bertz CT molecular complexity index is 1660. The number of aromatic amines is 1. The van der Waals surface area contributed by atoms with E-state index in [1.807, 2.05) is 6.07 Å². The first-order chi connectivity index (χ1) is 21.0. The van der Waals surface area contributed by atoms with Crippen LogP contribution in [0, 0.1) is 10.1 Å². The summed E-state index contributed by atoms with van der Waals surface area (Å²) in [6.07, 6.45) is -0.669. The van der Waals surface area contributed by atoms with Gasteiger partial charge in [0.2, 0.25) is 0 Å². The maximum absolute atomic E-state index is 13.9. The third kappa shape index (κ3) is 8.59. The zero-order chi connectivity index (χ0) is 31.9. The number of esters is 1. The van der Waals surface area contributed by atoms with E-state index in [0.29, 0.717) is 0 Å². The lowest BCUT2D eigenvalue weighted by Crippen LogP contribution is -2.36. The number of nitro groups is 1. The van der Waals surface area contributed by atoms with Crippen LogP contribution in [0.5, 0.6) is 5.75 Å². The molecule has 0 aliphatic carbocycles. The second-order valence-corrected chi connectivity index (χ2v) is 11.8. The fourth-order valence-electron chi connectivity index (χ4n) is 4.11. The molecular formula is C27H28BrN4O11P. The molecule has 1 aromatic heterocycles. The predicted octanol–water partition coefficient (Wildman–Crippen LogP) is 3.38. The van der Waals surface area contributed by atoms with Gasteiger partial charge < -0.3 is 19.1 Å². The fourth-order valence-corrected chi connectivity index (χ4v) is 5.90. The zero-order valence-electron chi connectivity index (χ0n) is 23.1. The van der Waals surface area contributed by atoms with Gasteiger partial charge in [-0.1, -0.05) is 46.3 Å². The molecule has 4 rings (SSSR count). The van der Waals surface area contributed by atoms with Gasteiger partial charge in [-0.3, -0.25) is 33.8 Å². The predicted molar refractivity (Wildman–Crippen MR) is 160 cm³/mol. The van der Waals surface area contributed by atoms with E-state index in [-0.39, 0.29) is 30.0 Å². The highest BCUT2D eigenvalue weighted by Crippen LogP contribution is 2.46. The molecule has 44 heavy (non-hydrogen) atoms. The number of aliphatic hydroxyl groups excluding tert-OH is 1. The van der Waals surface area contributed by atoms with Gasteiger partial charge in [-0.2, -0.15) is 5.09 Å². The van der Waals surface area contributed by atoms with Crippen molar-refractivity contribution in [2.75, 3.05) is 6.61 Å². The molecule has 0 radical (unpaired) electrons. The lowest BCUT2D eigenvalue weighted by molar-refractivity contribution is -0.384. The molecule has 3 N–H and O–H groups in total. The van der Waals surface area contributed by atoms with Gasteiger partial charge in [-0.05, 0) is 35.7 Å². The molecule has 15 nitrogen and oxygen atoms in total. The Labute approximate surface area is 258 Å². The number of hydrogen-bond acceptors (Lipinski definition) is 11. The van der Waals surface area contributed by atoms with Gasteiger partial charge in [0.05, 0.1) is 23.2 Å². The van der Waals surface area contributed by atoms with Gasteiger partial charge in [0.1, 0.15) is 30.7 Å². The molecular weight excluding hydrogens is 667 g/mol. The van der Waals surface area contributed by atoms with E-state index >= 15 is 0 Å². The number of hydrogen-bond donors (Lipinski definition) is 3. The minimum atomic E-state index is -4.43. The normalized spacial score (nSPS) is 20.2. The van der Waals surface area contributed by atoms with Gasteiger partial charge in [0.15, 0.2) is 0 Å². The van der Waals surface area contributed by atoms with Crippen molar-refractivity contribution in [3.63, 3.8) is 0 Å². The van der Waals surface area contributed by atoms with E-state index in [4.69, 9.17) is 18.5 Å². The average Bonchev–Trinajstić information content (AvgIpc) is 3.37. The summed E-state index contributed by atoms with van der Waals surface area (Å²) >= 11 is 3.07. The van der Waals surface area contributed by atoms with Crippen molar-refractivity contribution in [1.29, 1.82) is 0 Å². The van der Waals surface area contributed by atoms with Crippen molar-refractivity contribution >= 4 is 41.4 Å². The lowest BCUT2D eigenvalue weighted by Gasteiger charge is -2.24. The van der Waals surface area contributed by atoms with Crippen LogP contribution in [0.3, 0.4) is 0 Å². The van der Waals surface area contributed by atoms with E-state index in [2.05, 4.69) is 26.0 Å². The first-order valence-corrected chi connectivity index (χ1v) is 15.6. The molecule has 0 spiro atoms. The minimum absolute atomic E-state index is 0.0409. The van der Waals surface area contributed by atoms with Crippen LogP contribution in [-0.4, -0.2) is 50.4 Å². The number of halogens is 1. The molecule has 0 saturated carbocycles. The molecule has 0 bridgehead atoms. The maximum atomic E-state index is 13.9. The number of nitro benzene ring substituents is 1. The first-order valence-electron chi connectivity index (χ1n) is 13.1. The SMILES string of the molecule is C[C@H](NP(=O)(OC[C@H]1O[C@@H](n2cc(/C=C/Br)c(=O)[nH]c2=O)C[C@@H]1O)Oc1ccc([N+](=O)[O-])cc1)C(=O)OCc1ccccc1. The van der Waals surface area contributed by atoms with Gasteiger partial charge in [0.25, 0.3) is 11.2 Å². The number of H-pyrrole nitrogens is 1. The van der Waals surface area contributed by atoms with Crippen LogP contribution in [0.4, 0.5) is 5.69 Å². The molecule has 1 aliphatic heterocycles.